The van der Waals surface area contributed by atoms with E-state index in [0.717, 1.165) is 21.0 Å². The highest BCUT2D eigenvalue weighted by molar-refractivity contribution is 7.26. The molecule has 0 spiro atoms. The van der Waals surface area contributed by atoms with E-state index in [1.165, 1.54) is 11.3 Å². The predicted octanol–water partition coefficient (Wildman–Crippen LogP) is 7.13. The average Bonchev–Trinajstić information content (AvgIpc) is 3.17. The van der Waals surface area contributed by atoms with Crippen LogP contribution < -0.4 is 9.47 Å². The van der Waals surface area contributed by atoms with Crippen molar-refractivity contribution in [2.75, 3.05) is 0 Å². The molecule has 0 bridgehead atoms. The summed E-state index contributed by atoms with van der Waals surface area (Å²) in [6.45, 7) is 12.2. The van der Waals surface area contributed by atoms with Gasteiger partial charge in [-0.1, -0.05) is 37.4 Å². The molecular weight excluding hydrogens is 439 g/mol. The van der Waals surface area contributed by atoms with Gasteiger partial charge in [0.15, 0.2) is 0 Å². The summed E-state index contributed by atoms with van der Waals surface area (Å²) >= 11 is 1.32. The van der Waals surface area contributed by atoms with Crippen LogP contribution in [-0.2, 0) is 9.59 Å². The lowest BCUT2D eigenvalue weighted by Crippen LogP contribution is -2.08. The molecule has 0 saturated heterocycles. The Morgan fingerprint density at radius 2 is 1.39 bits per heavy atom. The number of carbonyl (C=O) groups excluding carboxylic acids is 2. The molecular formula is C27H21FO4S. The first-order valence-electron chi connectivity index (χ1n) is 10.2. The summed E-state index contributed by atoms with van der Waals surface area (Å²) in [5.74, 6) is -0.542. The third-order valence-electron chi connectivity index (χ3n) is 5.22. The smallest absolute Gasteiger partial charge is 0.338 e. The number of esters is 2. The van der Waals surface area contributed by atoms with E-state index < -0.39 is 11.9 Å². The van der Waals surface area contributed by atoms with Crippen molar-refractivity contribution in [3.63, 3.8) is 0 Å². The normalized spacial score (nSPS) is 10.9. The summed E-state index contributed by atoms with van der Waals surface area (Å²) in [7, 11) is 0. The largest absolute Gasteiger partial charge is 0.423 e. The zero-order chi connectivity index (χ0) is 23.9. The minimum absolute atomic E-state index is 0.299. The minimum Gasteiger partial charge on any atom is -0.423 e. The molecule has 1 aromatic heterocycles. The summed E-state index contributed by atoms with van der Waals surface area (Å²) in [6, 6.07) is 13.9. The van der Waals surface area contributed by atoms with Gasteiger partial charge in [0.2, 0.25) is 0 Å². The lowest BCUT2D eigenvalue weighted by molar-refractivity contribution is -0.130. The number of benzene rings is 3. The Hall–Kier alpha value is -3.77. The Kier molecular flexibility index (Phi) is 5.87. The molecule has 4 rings (SSSR count). The number of rotatable bonds is 5. The maximum atomic E-state index is 15.6. The minimum atomic E-state index is -0.510. The fourth-order valence-electron chi connectivity index (χ4n) is 3.40. The Labute approximate surface area is 194 Å². The van der Waals surface area contributed by atoms with E-state index >= 15 is 4.39 Å². The van der Waals surface area contributed by atoms with Gasteiger partial charge in [-0.15, -0.1) is 11.3 Å². The van der Waals surface area contributed by atoms with Crippen molar-refractivity contribution >= 4 is 43.4 Å². The molecule has 0 saturated carbocycles. The second-order valence-electron chi connectivity index (χ2n) is 7.84. The van der Waals surface area contributed by atoms with Gasteiger partial charge in [-0.3, -0.25) is 0 Å². The van der Waals surface area contributed by atoms with Crippen molar-refractivity contribution in [1.82, 2.24) is 0 Å². The molecule has 4 aromatic rings. The van der Waals surface area contributed by atoms with Gasteiger partial charge in [-0.2, -0.15) is 0 Å². The highest BCUT2D eigenvalue weighted by atomic mass is 32.1. The number of fused-ring (bicyclic) bond motifs is 3. The molecule has 0 aliphatic rings. The molecule has 4 nitrogen and oxygen atoms in total. The van der Waals surface area contributed by atoms with Gasteiger partial charge in [0.1, 0.15) is 17.3 Å². The van der Waals surface area contributed by atoms with E-state index in [1.54, 1.807) is 50.2 Å². The zero-order valence-corrected chi connectivity index (χ0v) is 19.3. The molecule has 0 fully saturated rings. The monoisotopic (exact) mass is 460 g/mol. The Bertz CT molecular complexity index is 1460. The summed E-state index contributed by atoms with van der Waals surface area (Å²) in [6.07, 6.45) is 0. The fourth-order valence-corrected chi connectivity index (χ4v) is 4.64. The summed E-state index contributed by atoms with van der Waals surface area (Å²) in [4.78, 5) is 23.6. The number of aryl methyl sites for hydroxylation is 1. The molecule has 0 amide bonds. The molecule has 0 radical (unpaired) electrons. The van der Waals surface area contributed by atoms with Crippen LogP contribution in [0.4, 0.5) is 4.39 Å². The maximum absolute atomic E-state index is 15.6. The third kappa shape index (κ3) is 4.17. The summed E-state index contributed by atoms with van der Waals surface area (Å²) in [5, 5.41) is 1.69. The molecule has 1 heterocycles. The van der Waals surface area contributed by atoms with Crippen LogP contribution >= 0.6 is 11.3 Å². The molecule has 3 aromatic carbocycles. The Morgan fingerprint density at radius 3 is 2.03 bits per heavy atom. The molecule has 33 heavy (non-hydrogen) atoms. The quantitative estimate of drug-likeness (QED) is 0.181. The predicted molar refractivity (Wildman–Crippen MR) is 130 cm³/mol. The fraction of sp³-hybridized carbons (Fsp3) is 0.111. The van der Waals surface area contributed by atoms with Crippen molar-refractivity contribution in [3.05, 3.63) is 84.2 Å². The van der Waals surface area contributed by atoms with Gasteiger partial charge in [-0.25, -0.2) is 14.0 Å². The van der Waals surface area contributed by atoms with Gasteiger partial charge in [-0.05, 0) is 50.6 Å². The van der Waals surface area contributed by atoms with Gasteiger partial charge in [0.05, 0.1) is 4.70 Å². The molecule has 166 valence electrons. The average molecular weight is 461 g/mol. The van der Waals surface area contributed by atoms with Crippen molar-refractivity contribution in [2.45, 2.75) is 20.8 Å². The van der Waals surface area contributed by atoms with Crippen molar-refractivity contribution in [3.8, 4) is 22.6 Å². The van der Waals surface area contributed by atoms with Crippen LogP contribution in [0.3, 0.4) is 0 Å². The third-order valence-corrected chi connectivity index (χ3v) is 6.56. The standard InChI is InChI=1S/C27H21FO4S/c1-14(2)26(29)31-18-8-6-17(7-9-18)19-10-11-21-20-12-13-22(32-27(30)15(3)4)16(5)24(20)33-25(21)23(19)28/h6-13H,1,3H2,2,4-5H3. The number of carbonyl (C=O) groups is 2. The lowest BCUT2D eigenvalue weighted by Gasteiger charge is -2.08. The van der Waals surface area contributed by atoms with Crippen LogP contribution in [0, 0.1) is 12.7 Å². The number of thiophene rings is 1. The highest BCUT2D eigenvalue weighted by Crippen LogP contribution is 2.42. The molecule has 0 aliphatic carbocycles. The first kappa shape index (κ1) is 22.4. The van der Waals surface area contributed by atoms with E-state index in [1.807, 2.05) is 19.1 Å². The maximum Gasteiger partial charge on any atom is 0.338 e. The SMILES string of the molecule is C=C(C)C(=O)Oc1ccc(-c2ccc3c(sc4c(C)c(OC(=O)C(=C)C)ccc43)c2F)cc1. The van der Waals surface area contributed by atoms with Crippen LogP contribution in [0.5, 0.6) is 11.5 Å². The topological polar surface area (TPSA) is 52.6 Å². The van der Waals surface area contributed by atoms with Crippen molar-refractivity contribution in [1.29, 1.82) is 0 Å². The molecule has 0 atom stereocenters. The number of hydrogen-bond donors (Lipinski definition) is 0. The molecule has 0 aliphatic heterocycles. The van der Waals surface area contributed by atoms with Gasteiger partial charge >= 0.3 is 11.9 Å². The van der Waals surface area contributed by atoms with E-state index in [4.69, 9.17) is 9.47 Å². The first-order valence-corrected chi connectivity index (χ1v) is 11.0. The Morgan fingerprint density at radius 1 is 0.818 bits per heavy atom. The Balaban J connectivity index is 1.74. The van der Waals surface area contributed by atoms with E-state index in [0.29, 0.717) is 38.5 Å². The lowest BCUT2D eigenvalue weighted by atomic mass is 10.0. The van der Waals surface area contributed by atoms with Crippen LogP contribution in [0.15, 0.2) is 72.8 Å². The van der Waals surface area contributed by atoms with Crippen molar-refractivity contribution in [2.24, 2.45) is 0 Å². The molecule has 6 heteroatoms. The summed E-state index contributed by atoms with van der Waals surface area (Å²) in [5.41, 5.74) is 2.48. The number of hydrogen-bond acceptors (Lipinski definition) is 5. The van der Waals surface area contributed by atoms with Crippen LogP contribution in [0.25, 0.3) is 31.3 Å². The number of ether oxygens (including phenoxy) is 2. The highest BCUT2D eigenvalue weighted by Gasteiger charge is 2.18. The zero-order valence-electron chi connectivity index (χ0n) is 18.5. The van der Waals surface area contributed by atoms with E-state index in [9.17, 15) is 9.59 Å². The second kappa shape index (κ2) is 8.64. The van der Waals surface area contributed by atoms with Crippen molar-refractivity contribution < 1.29 is 23.5 Å². The van der Waals surface area contributed by atoms with E-state index in [-0.39, 0.29) is 5.82 Å². The van der Waals surface area contributed by atoms with E-state index in [2.05, 4.69) is 13.2 Å². The molecule has 0 N–H and O–H groups in total. The van der Waals surface area contributed by atoms with Gasteiger partial charge in [0.25, 0.3) is 0 Å². The van der Waals surface area contributed by atoms with Gasteiger partial charge < -0.3 is 9.47 Å². The molecule has 0 unspecified atom stereocenters. The van der Waals surface area contributed by atoms with Gasteiger partial charge in [0, 0.05) is 37.7 Å². The van der Waals surface area contributed by atoms with Crippen LogP contribution in [0.1, 0.15) is 19.4 Å². The van der Waals surface area contributed by atoms with Crippen LogP contribution in [-0.4, -0.2) is 11.9 Å². The summed E-state index contributed by atoms with van der Waals surface area (Å²) < 4.78 is 27.6. The number of halogens is 1. The first-order chi connectivity index (χ1) is 15.7. The second-order valence-corrected chi connectivity index (χ2v) is 8.86. The van der Waals surface area contributed by atoms with Crippen LogP contribution in [0.2, 0.25) is 0 Å².